The van der Waals surface area contributed by atoms with Crippen LogP contribution >= 0.6 is 11.8 Å². The molecule has 10 heteroatoms. The Labute approximate surface area is 178 Å². The highest BCUT2D eigenvalue weighted by molar-refractivity contribution is 7.99. The first-order valence-corrected chi connectivity index (χ1v) is 11.5. The third kappa shape index (κ3) is 3.25. The molecule has 1 unspecified atom stereocenters. The molecule has 5 rings (SSSR count). The van der Waals surface area contributed by atoms with E-state index in [-0.39, 0.29) is 23.0 Å². The number of piperidine rings is 1. The summed E-state index contributed by atoms with van der Waals surface area (Å²) in [6, 6.07) is -0.185. The zero-order valence-electron chi connectivity index (χ0n) is 17.6. The Hall–Kier alpha value is -1.91. The molecule has 3 aliphatic heterocycles. The first kappa shape index (κ1) is 20.0. The molecular formula is C20H27N5O4S. The summed E-state index contributed by atoms with van der Waals surface area (Å²) >= 11 is 1.53. The van der Waals surface area contributed by atoms with Crippen molar-refractivity contribution in [2.45, 2.75) is 62.6 Å². The van der Waals surface area contributed by atoms with Crippen LogP contribution in [0.15, 0.2) is 16.1 Å². The first-order chi connectivity index (χ1) is 14.3. The molecule has 0 N–H and O–H groups in total. The Morgan fingerprint density at radius 2 is 1.97 bits per heavy atom. The molecule has 2 saturated heterocycles. The zero-order valence-corrected chi connectivity index (χ0v) is 18.4. The van der Waals surface area contributed by atoms with Gasteiger partial charge < -0.3 is 14.4 Å². The number of fused-ring (bicyclic) bond motifs is 2. The number of carbonyl (C=O) groups is 1. The number of amides is 1. The minimum Gasteiger partial charge on any atom is -0.347 e. The van der Waals surface area contributed by atoms with Crippen LogP contribution in [0.25, 0.3) is 11.0 Å². The molecular weight excluding hydrogens is 406 g/mol. The average molecular weight is 434 g/mol. The van der Waals surface area contributed by atoms with Crippen molar-refractivity contribution >= 4 is 28.7 Å². The number of hydrogen-bond donors (Lipinski definition) is 0. The molecule has 5 heterocycles. The normalized spacial score (nSPS) is 23.4. The van der Waals surface area contributed by atoms with Gasteiger partial charge in [-0.15, -0.1) is 0 Å². The molecule has 0 bridgehead atoms. The lowest BCUT2D eigenvalue weighted by Crippen LogP contribution is -2.47. The molecule has 1 spiro atoms. The van der Waals surface area contributed by atoms with Crippen LogP contribution in [0, 0.1) is 0 Å². The second-order valence-corrected chi connectivity index (χ2v) is 10.2. The van der Waals surface area contributed by atoms with E-state index in [2.05, 4.69) is 5.10 Å². The highest BCUT2D eigenvalue weighted by atomic mass is 32.2. The quantitative estimate of drug-likeness (QED) is 0.667. The molecule has 9 nitrogen and oxygen atoms in total. The van der Waals surface area contributed by atoms with E-state index in [0.717, 1.165) is 0 Å². The Bertz CT molecular complexity index is 1040. The number of likely N-dealkylation sites (tertiary alicyclic amines) is 1. The second-order valence-electron chi connectivity index (χ2n) is 9.19. The first-order valence-electron chi connectivity index (χ1n) is 10.5. The summed E-state index contributed by atoms with van der Waals surface area (Å²) in [6.07, 6.45) is 3.29. The van der Waals surface area contributed by atoms with Crippen LogP contribution in [0.5, 0.6) is 0 Å². The minimum atomic E-state index is -0.494. The van der Waals surface area contributed by atoms with Gasteiger partial charge in [0, 0.05) is 38.1 Å². The zero-order chi connectivity index (χ0) is 21.1. The van der Waals surface area contributed by atoms with E-state index >= 15 is 0 Å². The van der Waals surface area contributed by atoms with Crippen LogP contribution in [0.3, 0.4) is 0 Å². The molecule has 1 atom stereocenters. The predicted molar refractivity (Wildman–Crippen MR) is 112 cm³/mol. The van der Waals surface area contributed by atoms with Gasteiger partial charge >= 0.3 is 0 Å². The number of aromatic nitrogens is 4. The van der Waals surface area contributed by atoms with Crippen molar-refractivity contribution in [1.29, 1.82) is 0 Å². The Morgan fingerprint density at radius 3 is 2.63 bits per heavy atom. The largest absolute Gasteiger partial charge is 0.347 e. The lowest BCUT2D eigenvalue weighted by molar-refractivity contribution is -0.187. The monoisotopic (exact) mass is 433 g/mol. The smallest absolute Gasteiger partial charge is 0.265 e. The van der Waals surface area contributed by atoms with Crippen LogP contribution in [0.4, 0.5) is 0 Å². The van der Waals surface area contributed by atoms with Gasteiger partial charge in [0.05, 0.1) is 31.0 Å². The van der Waals surface area contributed by atoms with E-state index in [1.54, 1.807) is 15.4 Å². The maximum absolute atomic E-state index is 13.2. The van der Waals surface area contributed by atoms with Crippen LogP contribution in [-0.2, 0) is 19.8 Å². The topological polar surface area (TPSA) is 91.5 Å². The third-order valence-corrected chi connectivity index (χ3v) is 7.21. The Kier molecular flexibility index (Phi) is 4.71. The number of ether oxygens (including phenoxy) is 2. The van der Waals surface area contributed by atoms with E-state index in [9.17, 15) is 9.59 Å². The van der Waals surface area contributed by atoms with Crippen molar-refractivity contribution < 1.29 is 14.3 Å². The van der Waals surface area contributed by atoms with Crippen LogP contribution in [-0.4, -0.2) is 68.0 Å². The van der Waals surface area contributed by atoms with Gasteiger partial charge in [0.2, 0.25) is 5.91 Å². The minimum absolute atomic E-state index is 0.0682. The summed E-state index contributed by atoms with van der Waals surface area (Å²) in [5.41, 5.74) is 0.228. The predicted octanol–water partition coefficient (Wildman–Crippen LogP) is 1.75. The maximum Gasteiger partial charge on any atom is 0.265 e. The highest BCUT2D eigenvalue weighted by Crippen LogP contribution is 2.35. The second kappa shape index (κ2) is 7.06. The number of thioether (sulfide) groups is 1. The number of carbonyl (C=O) groups excluding carboxylic acids is 1. The summed E-state index contributed by atoms with van der Waals surface area (Å²) in [5.74, 6) is 0.249. The molecule has 2 fully saturated rings. The van der Waals surface area contributed by atoms with Crippen molar-refractivity contribution in [3.05, 3.63) is 16.6 Å². The van der Waals surface area contributed by atoms with Crippen molar-refractivity contribution in [3.8, 4) is 0 Å². The van der Waals surface area contributed by atoms with Gasteiger partial charge in [0.1, 0.15) is 5.39 Å². The van der Waals surface area contributed by atoms with E-state index in [1.165, 1.54) is 11.8 Å². The molecule has 2 aromatic heterocycles. The third-order valence-electron chi connectivity index (χ3n) is 6.11. The number of nitrogens with zero attached hydrogens (tertiary/aromatic N) is 5. The maximum atomic E-state index is 13.2. The summed E-state index contributed by atoms with van der Waals surface area (Å²) in [5, 5.41) is 5.57. The summed E-state index contributed by atoms with van der Waals surface area (Å²) in [7, 11) is 0. The van der Waals surface area contributed by atoms with Gasteiger partial charge in [-0.1, -0.05) is 11.8 Å². The van der Waals surface area contributed by atoms with Gasteiger partial charge in [-0.3, -0.25) is 14.2 Å². The Morgan fingerprint density at radius 1 is 1.27 bits per heavy atom. The van der Waals surface area contributed by atoms with Crippen molar-refractivity contribution in [2.24, 2.45) is 0 Å². The van der Waals surface area contributed by atoms with Crippen molar-refractivity contribution in [2.75, 3.05) is 32.1 Å². The van der Waals surface area contributed by atoms with Crippen LogP contribution in [0.1, 0.15) is 46.1 Å². The lowest BCUT2D eigenvalue weighted by atomic mass is 10.0. The van der Waals surface area contributed by atoms with Crippen LogP contribution < -0.4 is 5.56 Å². The van der Waals surface area contributed by atoms with Gasteiger partial charge in [-0.2, -0.15) is 5.10 Å². The van der Waals surface area contributed by atoms with Gasteiger partial charge in [0.25, 0.3) is 5.56 Å². The molecule has 0 aromatic carbocycles. The SMILES string of the molecule is CC(C)(C)n1ncc2c(=O)n3c(nc21)SCC3CC(=O)N1CCC2(CC1)OCCO2. The van der Waals surface area contributed by atoms with E-state index in [1.807, 2.05) is 25.7 Å². The molecule has 0 saturated carbocycles. The summed E-state index contributed by atoms with van der Waals surface area (Å²) in [4.78, 5) is 32.8. The molecule has 30 heavy (non-hydrogen) atoms. The van der Waals surface area contributed by atoms with Crippen LogP contribution in [0.2, 0.25) is 0 Å². The number of rotatable bonds is 2. The number of hydrogen-bond acceptors (Lipinski definition) is 7. The molecule has 0 aliphatic carbocycles. The summed E-state index contributed by atoms with van der Waals surface area (Å²) in [6.45, 7) is 8.59. The lowest BCUT2D eigenvalue weighted by Gasteiger charge is -2.37. The van der Waals surface area contributed by atoms with Gasteiger partial charge in [-0.05, 0) is 20.8 Å². The van der Waals surface area contributed by atoms with Gasteiger partial charge in [-0.25, -0.2) is 9.67 Å². The molecule has 2 aromatic rings. The molecule has 0 radical (unpaired) electrons. The van der Waals surface area contributed by atoms with E-state index < -0.39 is 5.79 Å². The fraction of sp³-hybridized carbons (Fsp3) is 0.700. The van der Waals surface area contributed by atoms with Crippen molar-refractivity contribution in [1.82, 2.24) is 24.2 Å². The fourth-order valence-electron chi connectivity index (χ4n) is 4.48. The highest BCUT2D eigenvalue weighted by Gasteiger charge is 2.41. The standard InChI is InChI=1S/C20H27N5O4S/c1-19(2,3)25-16-14(11-21-25)17(27)24-13(12-30-18(24)22-16)10-15(26)23-6-4-20(5-7-23)28-8-9-29-20/h11,13H,4-10,12H2,1-3H3. The molecule has 3 aliphatic rings. The van der Waals surface area contributed by atoms with Gasteiger partial charge in [0.15, 0.2) is 16.6 Å². The molecule has 1 amide bonds. The average Bonchev–Trinajstić information content (AvgIpc) is 3.41. The summed E-state index contributed by atoms with van der Waals surface area (Å²) < 4.78 is 15.0. The Balaban J connectivity index is 1.35. The fourth-order valence-corrected chi connectivity index (χ4v) is 5.62. The van der Waals surface area contributed by atoms with Crippen molar-refractivity contribution in [3.63, 3.8) is 0 Å². The van der Waals surface area contributed by atoms with E-state index in [4.69, 9.17) is 14.5 Å². The van der Waals surface area contributed by atoms with E-state index in [0.29, 0.717) is 67.5 Å². The molecule has 162 valence electrons.